The number of rotatable bonds is 3. The fourth-order valence-corrected chi connectivity index (χ4v) is 3.66. The van der Waals surface area contributed by atoms with Crippen LogP contribution in [0.2, 0.25) is 0 Å². The predicted molar refractivity (Wildman–Crippen MR) is 88.6 cm³/mol. The molecule has 0 radical (unpaired) electrons. The number of sulfonamides is 1. The molecule has 1 heterocycles. The van der Waals surface area contributed by atoms with Crippen LogP contribution in [-0.2, 0) is 21.2 Å². The average molecular weight is 331 g/mol. The smallest absolute Gasteiger partial charge is 0.262 e. The lowest BCUT2D eigenvalue weighted by Gasteiger charge is -2.27. The lowest BCUT2D eigenvalue weighted by atomic mass is 10.1. The number of hydrogen-bond donors (Lipinski definition) is 3. The van der Waals surface area contributed by atoms with Crippen LogP contribution in [0, 0.1) is 0 Å². The third kappa shape index (κ3) is 3.20. The zero-order chi connectivity index (χ0) is 16.4. The first-order valence-electron chi connectivity index (χ1n) is 7.27. The summed E-state index contributed by atoms with van der Waals surface area (Å²) in [5.74, 6) is -0.465. The molecule has 1 amide bonds. The van der Waals surface area contributed by atoms with E-state index in [2.05, 4.69) is 15.4 Å². The van der Waals surface area contributed by atoms with Crippen molar-refractivity contribution in [3.05, 3.63) is 54.1 Å². The quantitative estimate of drug-likeness (QED) is 0.802. The number of fused-ring (bicyclic) bond motifs is 1. The van der Waals surface area contributed by atoms with Gasteiger partial charge < -0.3 is 10.6 Å². The first-order valence-corrected chi connectivity index (χ1v) is 8.75. The predicted octanol–water partition coefficient (Wildman–Crippen LogP) is 1.92. The van der Waals surface area contributed by atoms with E-state index in [9.17, 15) is 13.2 Å². The molecule has 0 aliphatic carbocycles. The van der Waals surface area contributed by atoms with Crippen LogP contribution in [0.1, 0.15) is 12.5 Å². The highest BCUT2D eigenvalue weighted by atomic mass is 32.2. The molecule has 0 aromatic heterocycles. The highest BCUT2D eigenvalue weighted by Crippen LogP contribution is 2.25. The molecule has 3 N–H and O–H groups in total. The van der Waals surface area contributed by atoms with Crippen LogP contribution in [0.3, 0.4) is 0 Å². The average Bonchev–Trinajstić information content (AvgIpc) is 2.55. The fraction of sp³-hybridized carbons (Fsp3) is 0.188. The van der Waals surface area contributed by atoms with Crippen molar-refractivity contribution >= 4 is 27.3 Å². The molecule has 1 aliphatic rings. The van der Waals surface area contributed by atoms with Crippen LogP contribution >= 0.6 is 0 Å². The van der Waals surface area contributed by atoms with Gasteiger partial charge in [0.05, 0.1) is 5.69 Å². The summed E-state index contributed by atoms with van der Waals surface area (Å²) in [5.41, 5.74) is 2.19. The van der Waals surface area contributed by atoms with Gasteiger partial charge in [0.25, 0.3) is 5.91 Å². The number of nitrogens with one attached hydrogen (secondary N) is 3. The molecule has 0 fully saturated rings. The van der Waals surface area contributed by atoms with Gasteiger partial charge in [-0.15, -0.1) is 0 Å². The van der Waals surface area contributed by atoms with Crippen molar-refractivity contribution in [1.29, 1.82) is 0 Å². The Bertz CT molecular complexity index is 832. The summed E-state index contributed by atoms with van der Waals surface area (Å²) >= 11 is 0. The summed E-state index contributed by atoms with van der Waals surface area (Å²) in [4.78, 5) is 12.5. The molecule has 120 valence electrons. The standard InChI is InChI=1S/C16H17N3O3S/c1-2-11-7-9-12(10-8-11)17-16(20)15-18-13-5-3-4-6-14(13)23(21,22)19-15/h3-10,15,18-19H,2H2,1H3,(H,17,20)/t15-/m0/s1. The monoisotopic (exact) mass is 331 g/mol. The SMILES string of the molecule is CCc1ccc(NC(=O)[C@H]2Nc3ccccc3S(=O)(=O)N2)cc1. The Morgan fingerprint density at radius 1 is 1.13 bits per heavy atom. The maximum absolute atomic E-state index is 12.3. The molecule has 0 bridgehead atoms. The van der Waals surface area contributed by atoms with Crippen LogP contribution in [-0.4, -0.2) is 20.5 Å². The lowest BCUT2D eigenvalue weighted by Crippen LogP contribution is -2.51. The summed E-state index contributed by atoms with van der Waals surface area (Å²) in [6.45, 7) is 2.05. The minimum absolute atomic E-state index is 0.136. The summed E-state index contributed by atoms with van der Waals surface area (Å²) in [6, 6.07) is 13.9. The van der Waals surface area contributed by atoms with E-state index >= 15 is 0 Å². The second-order valence-electron chi connectivity index (χ2n) is 5.23. The van der Waals surface area contributed by atoms with Gasteiger partial charge in [0.2, 0.25) is 10.0 Å². The van der Waals surface area contributed by atoms with E-state index in [1.54, 1.807) is 30.3 Å². The minimum atomic E-state index is -3.71. The molecule has 2 aromatic rings. The molecular weight excluding hydrogens is 314 g/mol. The Morgan fingerprint density at radius 2 is 1.83 bits per heavy atom. The van der Waals surface area contributed by atoms with Gasteiger partial charge in [0.1, 0.15) is 4.90 Å². The highest BCUT2D eigenvalue weighted by Gasteiger charge is 2.32. The Morgan fingerprint density at radius 3 is 2.52 bits per heavy atom. The van der Waals surface area contributed by atoms with Gasteiger partial charge in [0.15, 0.2) is 6.17 Å². The number of benzene rings is 2. The van der Waals surface area contributed by atoms with E-state index in [0.717, 1.165) is 12.0 Å². The van der Waals surface area contributed by atoms with E-state index in [0.29, 0.717) is 11.4 Å². The fourth-order valence-electron chi connectivity index (χ4n) is 2.38. The Labute approximate surface area is 135 Å². The van der Waals surface area contributed by atoms with Crippen molar-refractivity contribution in [3.8, 4) is 0 Å². The molecule has 3 rings (SSSR count). The van der Waals surface area contributed by atoms with Gasteiger partial charge in [-0.25, -0.2) is 8.42 Å². The Hall–Kier alpha value is -2.38. The molecule has 0 spiro atoms. The zero-order valence-electron chi connectivity index (χ0n) is 12.5. The topological polar surface area (TPSA) is 87.3 Å². The van der Waals surface area contributed by atoms with E-state index < -0.39 is 22.1 Å². The molecule has 0 saturated carbocycles. The molecule has 1 atom stereocenters. The third-order valence-electron chi connectivity index (χ3n) is 3.64. The number of aryl methyl sites for hydroxylation is 1. The summed E-state index contributed by atoms with van der Waals surface area (Å²) in [7, 11) is -3.71. The van der Waals surface area contributed by atoms with Crippen LogP contribution in [0.5, 0.6) is 0 Å². The largest absolute Gasteiger partial charge is 0.360 e. The van der Waals surface area contributed by atoms with Crippen molar-refractivity contribution < 1.29 is 13.2 Å². The minimum Gasteiger partial charge on any atom is -0.360 e. The van der Waals surface area contributed by atoms with Crippen molar-refractivity contribution in [2.75, 3.05) is 10.6 Å². The molecule has 23 heavy (non-hydrogen) atoms. The summed E-state index contributed by atoms with van der Waals surface area (Å²) in [5, 5.41) is 5.60. The normalized spacial score (nSPS) is 18.6. The van der Waals surface area contributed by atoms with Gasteiger partial charge in [-0.05, 0) is 36.2 Å². The number of carbonyl (C=O) groups is 1. The maximum atomic E-state index is 12.3. The lowest BCUT2D eigenvalue weighted by molar-refractivity contribution is -0.117. The Kier molecular flexibility index (Phi) is 4.06. The van der Waals surface area contributed by atoms with Crippen molar-refractivity contribution in [2.24, 2.45) is 0 Å². The third-order valence-corrected chi connectivity index (χ3v) is 5.12. The second-order valence-corrected chi connectivity index (χ2v) is 6.92. The van der Waals surface area contributed by atoms with Crippen molar-refractivity contribution in [2.45, 2.75) is 24.4 Å². The van der Waals surface area contributed by atoms with Gasteiger partial charge in [0, 0.05) is 5.69 Å². The number of anilines is 2. The molecule has 7 heteroatoms. The number of carbonyl (C=O) groups excluding carboxylic acids is 1. The molecule has 6 nitrogen and oxygen atoms in total. The van der Waals surface area contributed by atoms with Crippen LogP contribution < -0.4 is 15.4 Å². The van der Waals surface area contributed by atoms with Crippen LogP contribution in [0.25, 0.3) is 0 Å². The first kappa shape index (κ1) is 15.5. The van der Waals surface area contributed by atoms with Crippen LogP contribution in [0.15, 0.2) is 53.4 Å². The number of hydrogen-bond acceptors (Lipinski definition) is 4. The number of amides is 1. The van der Waals surface area contributed by atoms with Gasteiger partial charge in [-0.3, -0.25) is 4.79 Å². The maximum Gasteiger partial charge on any atom is 0.262 e. The summed E-state index contributed by atoms with van der Waals surface area (Å²) < 4.78 is 26.7. The van der Waals surface area contributed by atoms with Crippen molar-refractivity contribution in [1.82, 2.24) is 4.72 Å². The van der Waals surface area contributed by atoms with Gasteiger partial charge in [-0.2, -0.15) is 4.72 Å². The van der Waals surface area contributed by atoms with Gasteiger partial charge >= 0.3 is 0 Å². The highest BCUT2D eigenvalue weighted by molar-refractivity contribution is 7.89. The summed E-state index contributed by atoms with van der Waals surface area (Å²) in [6.07, 6.45) is -0.143. The van der Waals surface area contributed by atoms with Gasteiger partial charge in [-0.1, -0.05) is 31.2 Å². The molecule has 0 saturated heterocycles. The zero-order valence-corrected chi connectivity index (χ0v) is 13.4. The van der Waals surface area contributed by atoms with E-state index in [1.165, 1.54) is 6.07 Å². The number of para-hydroxylation sites is 1. The van der Waals surface area contributed by atoms with Crippen LogP contribution in [0.4, 0.5) is 11.4 Å². The molecule has 0 unspecified atom stereocenters. The van der Waals surface area contributed by atoms with Crippen molar-refractivity contribution in [3.63, 3.8) is 0 Å². The van der Waals surface area contributed by atoms with E-state index in [-0.39, 0.29) is 4.90 Å². The second kappa shape index (κ2) is 6.02. The molecular formula is C16H17N3O3S. The van der Waals surface area contributed by atoms with E-state index in [1.807, 2.05) is 19.1 Å². The van der Waals surface area contributed by atoms with E-state index in [4.69, 9.17) is 0 Å². The molecule has 1 aliphatic heterocycles. The Balaban J connectivity index is 1.78. The molecule has 2 aromatic carbocycles. The first-order chi connectivity index (χ1) is 11.0.